The van der Waals surface area contributed by atoms with Gasteiger partial charge in [0.2, 0.25) is 0 Å². The summed E-state index contributed by atoms with van der Waals surface area (Å²) in [5, 5.41) is 3.51. The fraction of sp³-hybridized carbons (Fsp3) is 0.176. The molecule has 0 aliphatic rings. The number of benzene rings is 1. The highest BCUT2D eigenvalue weighted by Crippen LogP contribution is 2.21. The summed E-state index contributed by atoms with van der Waals surface area (Å²) < 4.78 is 2.01. The molecule has 1 N–H and O–H groups in total. The van der Waals surface area contributed by atoms with Gasteiger partial charge in [-0.1, -0.05) is 12.1 Å². The average Bonchev–Trinajstić information content (AvgIpc) is 3.02. The second kappa shape index (κ2) is 5.79. The van der Waals surface area contributed by atoms with Crippen molar-refractivity contribution < 1.29 is 0 Å². The molecule has 0 aliphatic carbocycles. The molecule has 3 rings (SSSR count). The third-order valence-corrected chi connectivity index (χ3v) is 3.45. The number of anilines is 1. The van der Waals surface area contributed by atoms with Gasteiger partial charge in [0.1, 0.15) is 0 Å². The summed E-state index contributed by atoms with van der Waals surface area (Å²) in [4.78, 5) is 8.31. The van der Waals surface area contributed by atoms with Crippen molar-refractivity contribution in [3.8, 4) is 5.69 Å². The van der Waals surface area contributed by atoms with Crippen LogP contribution in [0.25, 0.3) is 5.69 Å². The Morgan fingerprint density at radius 3 is 2.81 bits per heavy atom. The topological polar surface area (TPSA) is 42.7 Å². The Morgan fingerprint density at radius 1 is 1.14 bits per heavy atom. The molecule has 4 nitrogen and oxygen atoms in total. The fourth-order valence-electron chi connectivity index (χ4n) is 2.34. The van der Waals surface area contributed by atoms with Gasteiger partial charge in [-0.3, -0.25) is 4.98 Å². The van der Waals surface area contributed by atoms with Crippen LogP contribution >= 0.6 is 0 Å². The quantitative estimate of drug-likeness (QED) is 0.790. The second-order valence-electron chi connectivity index (χ2n) is 5.12. The molecule has 0 bridgehead atoms. The first-order valence-corrected chi connectivity index (χ1v) is 7.00. The number of aromatic nitrogens is 3. The molecule has 0 radical (unpaired) electrons. The molecular formula is C17H18N4. The van der Waals surface area contributed by atoms with Crippen LogP contribution in [-0.2, 0) is 0 Å². The molecule has 0 saturated heterocycles. The summed E-state index contributed by atoms with van der Waals surface area (Å²) in [7, 11) is 0. The Balaban J connectivity index is 1.81. The molecule has 2 aromatic heterocycles. The van der Waals surface area contributed by atoms with Gasteiger partial charge >= 0.3 is 0 Å². The van der Waals surface area contributed by atoms with Gasteiger partial charge in [-0.2, -0.15) is 0 Å². The van der Waals surface area contributed by atoms with Crippen LogP contribution in [0.4, 0.5) is 5.69 Å². The number of hydrogen-bond acceptors (Lipinski definition) is 3. The molecule has 0 spiro atoms. The predicted octanol–water partition coefficient (Wildman–Crippen LogP) is 3.75. The summed E-state index contributed by atoms with van der Waals surface area (Å²) in [6.07, 6.45) is 7.37. The minimum absolute atomic E-state index is 0.218. The van der Waals surface area contributed by atoms with Crippen LogP contribution in [0, 0.1) is 6.92 Å². The molecule has 106 valence electrons. The molecule has 2 heterocycles. The highest BCUT2D eigenvalue weighted by Gasteiger charge is 2.07. The lowest BCUT2D eigenvalue weighted by molar-refractivity contribution is 0.878. The SMILES string of the molecule is Cc1cc(NC(C)c2cccc(-n3ccnc3)c2)ccn1. The van der Waals surface area contributed by atoms with Gasteiger partial charge < -0.3 is 9.88 Å². The lowest BCUT2D eigenvalue weighted by atomic mass is 10.1. The van der Waals surface area contributed by atoms with Crippen LogP contribution in [-0.4, -0.2) is 14.5 Å². The third kappa shape index (κ3) is 3.11. The van der Waals surface area contributed by atoms with E-state index in [1.54, 1.807) is 6.20 Å². The van der Waals surface area contributed by atoms with Crippen LogP contribution in [0.5, 0.6) is 0 Å². The average molecular weight is 278 g/mol. The van der Waals surface area contributed by atoms with E-state index >= 15 is 0 Å². The standard InChI is InChI=1S/C17H18N4/c1-13-10-16(6-7-19-13)20-14(2)15-4-3-5-17(11-15)21-9-8-18-12-21/h3-12,14H,1-2H3,(H,19,20). The van der Waals surface area contributed by atoms with Crippen molar-refractivity contribution in [2.75, 3.05) is 5.32 Å². The largest absolute Gasteiger partial charge is 0.378 e. The van der Waals surface area contributed by atoms with Crippen LogP contribution in [0.2, 0.25) is 0 Å². The van der Waals surface area contributed by atoms with Gasteiger partial charge in [0.05, 0.1) is 6.33 Å². The zero-order chi connectivity index (χ0) is 14.7. The zero-order valence-corrected chi connectivity index (χ0v) is 12.2. The van der Waals surface area contributed by atoms with Crippen LogP contribution < -0.4 is 5.32 Å². The number of pyridine rings is 1. The van der Waals surface area contributed by atoms with Crippen molar-refractivity contribution in [3.05, 3.63) is 72.6 Å². The Labute approximate surface area is 124 Å². The highest BCUT2D eigenvalue weighted by atomic mass is 15.0. The molecule has 1 atom stereocenters. The first-order chi connectivity index (χ1) is 10.2. The van der Waals surface area contributed by atoms with Crippen molar-refractivity contribution in [2.45, 2.75) is 19.9 Å². The maximum atomic E-state index is 4.22. The summed E-state index contributed by atoms with van der Waals surface area (Å²) in [6.45, 7) is 4.15. The van der Waals surface area contributed by atoms with Gasteiger partial charge in [0.15, 0.2) is 0 Å². The fourth-order valence-corrected chi connectivity index (χ4v) is 2.34. The van der Waals surface area contributed by atoms with E-state index in [0.717, 1.165) is 17.1 Å². The van der Waals surface area contributed by atoms with E-state index in [-0.39, 0.29) is 6.04 Å². The summed E-state index contributed by atoms with van der Waals surface area (Å²) in [6, 6.07) is 12.7. The van der Waals surface area contributed by atoms with Gasteiger partial charge in [-0.25, -0.2) is 4.98 Å². The molecule has 0 amide bonds. The van der Waals surface area contributed by atoms with Crippen molar-refractivity contribution >= 4 is 5.69 Å². The Hall–Kier alpha value is -2.62. The molecule has 21 heavy (non-hydrogen) atoms. The van der Waals surface area contributed by atoms with Crippen molar-refractivity contribution in [1.29, 1.82) is 0 Å². The van der Waals surface area contributed by atoms with E-state index in [1.807, 2.05) is 36.3 Å². The molecular weight excluding hydrogens is 260 g/mol. The summed E-state index contributed by atoms with van der Waals surface area (Å²) in [5.41, 5.74) is 4.45. The first kappa shape index (κ1) is 13.4. The van der Waals surface area contributed by atoms with Crippen molar-refractivity contribution in [2.24, 2.45) is 0 Å². The number of rotatable bonds is 4. The maximum Gasteiger partial charge on any atom is 0.0991 e. The second-order valence-corrected chi connectivity index (χ2v) is 5.12. The van der Waals surface area contributed by atoms with E-state index in [0.29, 0.717) is 0 Å². The molecule has 4 heteroatoms. The van der Waals surface area contributed by atoms with Gasteiger partial charge in [0, 0.05) is 41.7 Å². The number of nitrogens with one attached hydrogen (secondary N) is 1. The molecule has 1 unspecified atom stereocenters. The van der Waals surface area contributed by atoms with Crippen LogP contribution in [0.15, 0.2) is 61.3 Å². The van der Waals surface area contributed by atoms with E-state index in [9.17, 15) is 0 Å². The van der Waals surface area contributed by atoms with Gasteiger partial charge in [-0.05, 0) is 43.7 Å². The lowest BCUT2D eigenvalue weighted by Crippen LogP contribution is -2.07. The molecule has 0 fully saturated rings. The maximum absolute atomic E-state index is 4.22. The van der Waals surface area contributed by atoms with Crippen molar-refractivity contribution in [1.82, 2.24) is 14.5 Å². The molecule has 0 aliphatic heterocycles. The molecule has 3 aromatic rings. The predicted molar refractivity (Wildman–Crippen MR) is 84.6 cm³/mol. The number of hydrogen-bond donors (Lipinski definition) is 1. The Morgan fingerprint density at radius 2 is 2.05 bits per heavy atom. The summed E-state index contributed by atoms with van der Waals surface area (Å²) >= 11 is 0. The Bertz CT molecular complexity index is 719. The monoisotopic (exact) mass is 278 g/mol. The van der Waals surface area contributed by atoms with E-state index in [1.165, 1.54) is 5.56 Å². The lowest BCUT2D eigenvalue weighted by Gasteiger charge is -2.17. The third-order valence-electron chi connectivity index (χ3n) is 3.45. The smallest absolute Gasteiger partial charge is 0.0991 e. The van der Waals surface area contributed by atoms with E-state index in [2.05, 4.69) is 52.5 Å². The first-order valence-electron chi connectivity index (χ1n) is 7.00. The Kier molecular flexibility index (Phi) is 3.69. The number of imidazole rings is 1. The zero-order valence-electron chi connectivity index (χ0n) is 12.2. The van der Waals surface area contributed by atoms with E-state index in [4.69, 9.17) is 0 Å². The minimum atomic E-state index is 0.218. The highest BCUT2D eigenvalue weighted by molar-refractivity contribution is 5.46. The van der Waals surface area contributed by atoms with Crippen LogP contribution in [0.1, 0.15) is 24.2 Å². The van der Waals surface area contributed by atoms with Gasteiger partial charge in [-0.15, -0.1) is 0 Å². The normalized spacial score (nSPS) is 12.1. The minimum Gasteiger partial charge on any atom is -0.378 e. The molecule has 0 saturated carbocycles. The van der Waals surface area contributed by atoms with Gasteiger partial charge in [0.25, 0.3) is 0 Å². The number of nitrogens with zero attached hydrogens (tertiary/aromatic N) is 3. The van der Waals surface area contributed by atoms with Crippen LogP contribution in [0.3, 0.4) is 0 Å². The summed E-state index contributed by atoms with van der Waals surface area (Å²) in [5.74, 6) is 0. The van der Waals surface area contributed by atoms with E-state index < -0.39 is 0 Å². The molecule has 1 aromatic carbocycles. The number of aryl methyl sites for hydroxylation is 1. The van der Waals surface area contributed by atoms with Crippen molar-refractivity contribution in [3.63, 3.8) is 0 Å².